The predicted molar refractivity (Wildman–Crippen MR) is 159 cm³/mol. The van der Waals surface area contributed by atoms with Gasteiger partial charge in [0.15, 0.2) is 9.84 Å². The maximum Gasteiger partial charge on any atom is 0.416 e. The lowest BCUT2D eigenvalue weighted by Gasteiger charge is -2.41. The molecule has 1 N–H and O–H groups in total. The van der Waals surface area contributed by atoms with Gasteiger partial charge in [-0.25, -0.2) is 18.5 Å². The van der Waals surface area contributed by atoms with E-state index in [0.29, 0.717) is 30.8 Å². The second-order valence-corrected chi connectivity index (χ2v) is 12.9. The van der Waals surface area contributed by atoms with Gasteiger partial charge in [-0.15, -0.1) is 0 Å². The van der Waals surface area contributed by atoms with Crippen LogP contribution in [0.1, 0.15) is 59.2 Å². The van der Waals surface area contributed by atoms with Gasteiger partial charge in [-0.3, -0.25) is 14.4 Å². The molecule has 2 aromatic carbocycles. The van der Waals surface area contributed by atoms with Crippen molar-refractivity contribution in [2.45, 2.75) is 55.8 Å². The lowest BCUT2D eigenvalue weighted by molar-refractivity contribution is -0.169. The van der Waals surface area contributed by atoms with Crippen LogP contribution in [0, 0.1) is 0 Å². The summed E-state index contributed by atoms with van der Waals surface area (Å²) in [4.78, 5) is 37.2. The Morgan fingerprint density at radius 3 is 2.30 bits per heavy atom. The van der Waals surface area contributed by atoms with Gasteiger partial charge in [0.25, 0.3) is 5.91 Å². The Balaban J connectivity index is 1.48. The zero-order chi connectivity index (χ0) is 32.1. The predicted octanol–water partition coefficient (Wildman–Crippen LogP) is 4.99. The standard InChI is InChI=1S/C31H35F3N4O5S/c1-4-44(41,42)27-14-5-21(6-15-27)18-36-30(40)23-10-16-28(35-19-23)38-20-24(9-13-26(38)17-29(39)37(2)43-3)22-7-11-25(12-8-22)31(32,33)34/h5-8,10-12,14-16,19,24,26H,4,9,13,17-18,20H2,1-3H3,(H,36,40)/t24?,26-/m0/s1. The molecule has 44 heavy (non-hydrogen) atoms. The van der Waals surface area contributed by atoms with Gasteiger partial charge in [-0.1, -0.05) is 31.2 Å². The van der Waals surface area contributed by atoms with Crippen LogP contribution >= 0.6 is 0 Å². The molecule has 9 nitrogen and oxygen atoms in total. The number of nitrogens with zero attached hydrogens (tertiary/aromatic N) is 3. The Bertz CT molecular complexity index is 1550. The monoisotopic (exact) mass is 632 g/mol. The summed E-state index contributed by atoms with van der Waals surface area (Å²) in [5.41, 5.74) is 1.09. The molecule has 4 rings (SSSR count). The number of piperidine rings is 1. The summed E-state index contributed by atoms with van der Waals surface area (Å²) in [7, 11) is -0.395. The molecule has 0 saturated carbocycles. The van der Waals surface area contributed by atoms with Gasteiger partial charge < -0.3 is 10.2 Å². The van der Waals surface area contributed by atoms with Gasteiger partial charge in [0.2, 0.25) is 5.91 Å². The van der Waals surface area contributed by atoms with Crippen LogP contribution in [0.4, 0.5) is 19.0 Å². The van der Waals surface area contributed by atoms with Gasteiger partial charge >= 0.3 is 6.18 Å². The van der Waals surface area contributed by atoms with Gasteiger partial charge in [0, 0.05) is 44.7 Å². The number of hydrogen-bond donors (Lipinski definition) is 1. The number of benzene rings is 2. The molecule has 1 saturated heterocycles. The van der Waals surface area contributed by atoms with Crippen molar-refractivity contribution in [2.24, 2.45) is 0 Å². The number of amides is 2. The molecule has 3 aromatic rings. The number of halogens is 3. The number of hydroxylamine groups is 2. The summed E-state index contributed by atoms with van der Waals surface area (Å²) < 4.78 is 63.3. The van der Waals surface area contributed by atoms with E-state index in [0.717, 1.165) is 28.3 Å². The van der Waals surface area contributed by atoms with Crippen molar-refractivity contribution in [1.82, 2.24) is 15.4 Å². The summed E-state index contributed by atoms with van der Waals surface area (Å²) in [6.07, 6.45) is -1.58. The van der Waals surface area contributed by atoms with Crippen LogP contribution in [0.25, 0.3) is 0 Å². The SMILES string of the molecule is CCS(=O)(=O)c1ccc(CNC(=O)c2ccc(N3CC(c4ccc(C(F)(F)F)cc4)CC[C@H]3CC(=O)N(C)OC)nc2)cc1. The molecule has 0 aliphatic carbocycles. The maximum absolute atomic E-state index is 13.1. The Morgan fingerprint density at radius 2 is 1.73 bits per heavy atom. The summed E-state index contributed by atoms with van der Waals surface area (Å²) in [6, 6.07) is 14.5. The van der Waals surface area contributed by atoms with Gasteiger partial charge in [0.1, 0.15) is 5.82 Å². The second kappa shape index (κ2) is 13.8. The summed E-state index contributed by atoms with van der Waals surface area (Å²) in [6.45, 7) is 2.18. The highest BCUT2D eigenvalue weighted by Crippen LogP contribution is 2.36. The maximum atomic E-state index is 13.1. The molecule has 0 spiro atoms. The average Bonchev–Trinajstić information content (AvgIpc) is 3.03. The fourth-order valence-electron chi connectivity index (χ4n) is 5.12. The van der Waals surface area contributed by atoms with Gasteiger partial charge in [-0.2, -0.15) is 13.2 Å². The molecule has 1 unspecified atom stereocenters. The van der Waals surface area contributed by atoms with E-state index in [1.807, 2.05) is 4.90 Å². The molecule has 13 heteroatoms. The number of sulfone groups is 1. The van der Waals surface area contributed by atoms with E-state index in [2.05, 4.69) is 10.3 Å². The molecule has 1 aromatic heterocycles. The first-order chi connectivity index (χ1) is 20.8. The molecular weight excluding hydrogens is 597 g/mol. The van der Waals surface area contributed by atoms with E-state index >= 15 is 0 Å². The summed E-state index contributed by atoms with van der Waals surface area (Å²) in [5, 5.41) is 3.95. The minimum absolute atomic E-state index is 0.000472. The first-order valence-electron chi connectivity index (χ1n) is 14.1. The van der Waals surface area contributed by atoms with Crippen LogP contribution in [-0.4, -0.2) is 62.8 Å². The molecular formula is C31H35F3N4O5S. The minimum atomic E-state index is -4.42. The van der Waals surface area contributed by atoms with Crippen LogP contribution in [0.5, 0.6) is 0 Å². The molecule has 1 aliphatic heterocycles. The quantitative estimate of drug-likeness (QED) is 0.314. The van der Waals surface area contributed by atoms with Crippen molar-refractivity contribution < 1.29 is 36.0 Å². The molecule has 2 heterocycles. The Labute approximate surface area is 254 Å². The second-order valence-electron chi connectivity index (χ2n) is 10.6. The van der Waals surface area contributed by atoms with Crippen LogP contribution in [-0.2, 0) is 32.2 Å². The summed E-state index contributed by atoms with van der Waals surface area (Å²) in [5.74, 6) is -0.160. The van der Waals surface area contributed by atoms with E-state index in [9.17, 15) is 31.2 Å². The minimum Gasteiger partial charge on any atom is -0.353 e. The lowest BCUT2D eigenvalue weighted by atomic mass is 9.85. The molecule has 1 aliphatic rings. The number of carbonyl (C=O) groups is 2. The topological polar surface area (TPSA) is 109 Å². The Kier molecular flexibility index (Phi) is 10.3. The van der Waals surface area contributed by atoms with E-state index in [4.69, 9.17) is 4.84 Å². The third kappa shape index (κ3) is 7.94. The molecule has 0 bridgehead atoms. The zero-order valence-electron chi connectivity index (χ0n) is 24.7. The van der Waals surface area contributed by atoms with Crippen molar-refractivity contribution in [3.8, 4) is 0 Å². The van der Waals surface area contributed by atoms with Crippen molar-refractivity contribution >= 4 is 27.5 Å². The Hall–Kier alpha value is -3.97. The number of hydrogen-bond acceptors (Lipinski definition) is 7. The highest BCUT2D eigenvalue weighted by atomic mass is 32.2. The van der Waals surface area contributed by atoms with E-state index in [1.54, 1.807) is 31.2 Å². The van der Waals surface area contributed by atoms with Crippen molar-refractivity contribution in [2.75, 3.05) is 31.4 Å². The van der Waals surface area contributed by atoms with Crippen molar-refractivity contribution in [1.29, 1.82) is 0 Å². The number of anilines is 1. The van der Waals surface area contributed by atoms with Crippen LogP contribution in [0.2, 0.25) is 0 Å². The normalized spacial score (nSPS) is 17.3. The van der Waals surface area contributed by atoms with E-state index < -0.39 is 21.6 Å². The highest BCUT2D eigenvalue weighted by molar-refractivity contribution is 7.91. The van der Waals surface area contributed by atoms with E-state index in [1.165, 1.54) is 44.6 Å². The number of carbonyl (C=O) groups excluding carboxylic acids is 2. The molecule has 0 radical (unpaired) electrons. The Morgan fingerprint density at radius 1 is 1.05 bits per heavy atom. The van der Waals surface area contributed by atoms with Gasteiger partial charge in [0.05, 0.1) is 28.9 Å². The fourth-order valence-corrected chi connectivity index (χ4v) is 6.01. The van der Waals surface area contributed by atoms with Gasteiger partial charge in [-0.05, 0) is 60.4 Å². The molecule has 236 valence electrons. The zero-order valence-corrected chi connectivity index (χ0v) is 25.5. The largest absolute Gasteiger partial charge is 0.416 e. The smallest absolute Gasteiger partial charge is 0.353 e. The number of aromatic nitrogens is 1. The summed E-state index contributed by atoms with van der Waals surface area (Å²) >= 11 is 0. The van der Waals surface area contributed by atoms with Crippen LogP contribution < -0.4 is 10.2 Å². The third-order valence-electron chi connectivity index (χ3n) is 7.87. The molecule has 2 atom stereocenters. The fraction of sp³-hybridized carbons (Fsp3) is 0.387. The molecule has 1 fully saturated rings. The number of nitrogens with one attached hydrogen (secondary N) is 1. The van der Waals surface area contributed by atoms with Crippen molar-refractivity contribution in [3.63, 3.8) is 0 Å². The van der Waals surface area contributed by atoms with Crippen molar-refractivity contribution in [3.05, 3.63) is 89.1 Å². The number of rotatable bonds is 10. The van der Waals surface area contributed by atoms with Crippen LogP contribution in [0.3, 0.4) is 0 Å². The first kappa shape index (κ1) is 32.9. The third-order valence-corrected chi connectivity index (χ3v) is 9.62. The highest BCUT2D eigenvalue weighted by Gasteiger charge is 2.34. The lowest BCUT2D eigenvalue weighted by Crippen LogP contribution is -2.46. The first-order valence-corrected chi connectivity index (χ1v) is 15.8. The number of alkyl halides is 3. The van der Waals surface area contributed by atoms with Crippen LogP contribution in [0.15, 0.2) is 71.8 Å². The number of pyridine rings is 1. The van der Waals surface area contributed by atoms with E-state index in [-0.39, 0.29) is 47.4 Å². The molecule has 2 amide bonds. The average molecular weight is 633 g/mol.